The number of ether oxygens (including phenoxy) is 1. The first kappa shape index (κ1) is 7.59. The predicted octanol–water partition coefficient (Wildman–Crippen LogP) is 2.71. The molecule has 64 valence electrons. The van der Waals surface area contributed by atoms with Crippen LogP contribution in [0, 0.1) is 5.82 Å². The molecule has 0 amide bonds. The monoisotopic (exact) mass is 166 g/mol. The van der Waals surface area contributed by atoms with Gasteiger partial charge in [0.15, 0.2) is 0 Å². The quantitative estimate of drug-likeness (QED) is 0.575. The SMILES string of the molecule is CC1CCOc2cccc(F)c21. The Morgan fingerprint density at radius 3 is 3.08 bits per heavy atom. The van der Waals surface area contributed by atoms with Crippen LogP contribution in [0.3, 0.4) is 0 Å². The van der Waals surface area contributed by atoms with Crippen LogP contribution in [0.2, 0.25) is 0 Å². The molecule has 0 fully saturated rings. The van der Waals surface area contributed by atoms with Gasteiger partial charge < -0.3 is 4.74 Å². The maximum absolute atomic E-state index is 13.2. The molecular weight excluding hydrogens is 155 g/mol. The zero-order chi connectivity index (χ0) is 8.55. The van der Waals surface area contributed by atoms with Crippen molar-refractivity contribution in [2.75, 3.05) is 6.61 Å². The number of hydrogen-bond acceptors (Lipinski definition) is 1. The van der Waals surface area contributed by atoms with Crippen molar-refractivity contribution in [1.29, 1.82) is 0 Å². The van der Waals surface area contributed by atoms with Gasteiger partial charge >= 0.3 is 0 Å². The van der Waals surface area contributed by atoms with Crippen molar-refractivity contribution in [3.8, 4) is 5.75 Å². The van der Waals surface area contributed by atoms with Gasteiger partial charge in [0, 0.05) is 5.56 Å². The van der Waals surface area contributed by atoms with Crippen LogP contribution in [0.15, 0.2) is 18.2 Å². The summed E-state index contributed by atoms with van der Waals surface area (Å²) in [6, 6.07) is 5.00. The lowest BCUT2D eigenvalue weighted by molar-refractivity contribution is 0.267. The molecule has 0 N–H and O–H groups in total. The van der Waals surface area contributed by atoms with E-state index in [1.54, 1.807) is 6.07 Å². The molecular formula is C10H11FO. The maximum Gasteiger partial charge on any atom is 0.130 e. The molecule has 0 aliphatic carbocycles. The molecule has 0 aromatic heterocycles. The molecule has 0 spiro atoms. The van der Waals surface area contributed by atoms with Crippen LogP contribution in [0.4, 0.5) is 4.39 Å². The summed E-state index contributed by atoms with van der Waals surface area (Å²) in [6.07, 6.45) is 0.911. The summed E-state index contributed by atoms with van der Waals surface area (Å²) in [5.74, 6) is 0.864. The fourth-order valence-corrected chi connectivity index (χ4v) is 1.61. The fourth-order valence-electron chi connectivity index (χ4n) is 1.61. The molecule has 1 aliphatic heterocycles. The minimum Gasteiger partial charge on any atom is -0.493 e. The highest BCUT2D eigenvalue weighted by molar-refractivity contribution is 5.38. The van der Waals surface area contributed by atoms with Crippen molar-refractivity contribution >= 4 is 0 Å². The van der Waals surface area contributed by atoms with E-state index < -0.39 is 0 Å². The lowest BCUT2D eigenvalue weighted by Crippen LogP contribution is -2.13. The summed E-state index contributed by atoms with van der Waals surface area (Å²) in [5.41, 5.74) is 0.740. The summed E-state index contributed by atoms with van der Waals surface area (Å²) in [7, 11) is 0. The average molecular weight is 166 g/mol. The van der Waals surface area contributed by atoms with E-state index in [1.165, 1.54) is 6.07 Å². The van der Waals surface area contributed by atoms with E-state index in [0.717, 1.165) is 12.0 Å². The number of hydrogen-bond donors (Lipinski definition) is 0. The lowest BCUT2D eigenvalue weighted by atomic mass is 9.95. The normalized spacial score (nSPS) is 21.3. The molecule has 1 nitrogen and oxygen atoms in total. The standard InChI is InChI=1S/C10H11FO/c1-7-5-6-12-9-4-2-3-8(11)10(7)9/h2-4,7H,5-6H2,1H3. The second-order valence-electron chi connectivity index (χ2n) is 3.19. The number of benzene rings is 1. The highest BCUT2D eigenvalue weighted by Crippen LogP contribution is 2.34. The van der Waals surface area contributed by atoms with Gasteiger partial charge in [-0.1, -0.05) is 13.0 Å². The Balaban J connectivity index is 2.53. The molecule has 0 saturated carbocycles. The molecule has 1 aromatic rings. The van der Waals surface area contributed by atoms with Crippen LogP contribution < -0.4 is 4.74 Å². The van der Waals surface area contributed by atoms with Gasteiger partial charge in [0.25, 0.3) is 0 Å². The topological polar surface area (TPSA) is 9.23 Å². The van der Waals surface area contributed by atoms with Gasteiger partial charge in [-0.2, -0.15) is 0 Å². The highest BCUT2D eigenvalue weighted by Gasteiger charge is 2.20. The molecule has 0 radical (unpaired) electrons. The van der Waals surface area contributed by atoms with Gasteiger partial charge in [-0.25, -0.2) is 4.39 Å². The molecule has 1 unspecified atom stereocenters. The van der Waals surface area contributed by atoms with Gasteiger partial charge in [0.2, 0.25) is 0 Å². The van der Waals surface area contributed by atoms with E-state index in [1.807, 2.05) is 13.0 Å². The molecule has 1 aliphatic rings. The molecule has 0 saturated heterocycles. The van der Waals surface area contributed by atoms with Gasteiger partial charge in [-0.15, -0.1) is 0 Å². The van der Waals surface area contributed by atoms with E-state index in [0.29, 0.717) is 12.4 Å². The number of halogens is 1. The van der Waals surface area contributed by atoms with Crippen LogP contribution in [0.25, 0.3) is 0 Å². The predicted molar refractivity (Wildman–Crippen MR) is 44.9 cm³/mol. The Bertz CT molecular complexity index is 296. The van der Waals surface area contributed by atoms with E-state index in [2.05, 4.69) is 0 Å². The molecule has 0 bridgehead atoms. The van der Waals surface area contributed by atoms with Crippen molar-refractivity contribution in [3.05, 3.63) is 29.6 Å². The summed E-state index contributed by atoms with van der Waals surface area (Å²) in [6.45, 7) is 2.74. The molecule has 12 heavy (non-hydrogen) atoms. The van der Waals surface area contributed by atoms with Gasteiger partial charge in [0.1, 0.15) is 11.6 Å². The minimum absolute atomic E-state index is 0.139. The van der Waals surface area contributed by atoms with Crippen LogP contribution in [-0.4, -0.2) is 6.61 Å². The van der Waals surface area contributed by atoms with E-state index in [9.17, 15) is 4.39 Å². The number of fused-ring (bicyclic) bond motifs is 1. The Morgan fingerprint density at radius 2 is 2.33 bits per heavy atom. The molecule has 1 atom stereocenters. The van der Waals surface area contributed by atoms with Crippen molar-refractivity contribution in [2.24, 2.45) is 0 Å². The Hall–Kier alpha value is -1.05. The Labute approximate surface area is 71.2 Å². The molecule has 2 rings (SSSR count). The fraction of sp³-hybridized carbons (Fsp3) is 0.400. The third kappa shape index (κ3) is 1.07. The van der Waals surface area contributed by atoms with Crippen molar-refractivity contribution in [2.45, 2.75) is 19.3 Å². The third-order valence-electron chi connectivity index (χ3n) is 2.31. The minimum atomic E-state index is -0.139. The van der Waals surface area contributed by atoms with Crippen molar-refractivity contribution < 1.29 is 9.13 Å². The van der Waals surface area contributed by atoms with Crippen LogP contribution in [0.1, 0.15) is 24.8 Å². The Kier molecular flexibility index (Phi) is 1.75. The van der Waals surface area contributed by atoms with E-state index >= 15 is 0 Å². The highest BCUT2D eigenvalue weighted by atomic mass is 19.1. The van der Waals surface area contributed by atoms with E-state index in [-0.39, 0.29) is 11.7 Å². The first-order valence-electron chi connectivity index (χ1n) is 4.20. The van der Waals surface area contributed by atoms with E-state index in [4.69, 9.17) is 4.74 Å². The molecule has 2 heteroatoms. The van der Waals surface area contributed by atoms with Crippen molar-refractivity contribution in [3.63, 3.8) is 0 Å². The summed E-state index contributed by atoms with van der Waals surface area (Å²) >= 11 is 0. The first-order chi connectivity index (χ1) is 5.79. The average Bonchev–Trinajstić information content (AvgIpc) is 2.04. The molecule has 1 heterocycles. The van der Waals surface area contributed by atoms with Gasteiger partial charge in [-0.3, -0.25) is 0 Å². The summed E-state index contributed by atoms with van der Waals surface area (Å²) in [4.78, 5) is 0. The largest absolute Gasteiger partial charge is 0.493 e. The number of rotatable bonds is 0. The van der Waals surface area contributed by atoms with Crippen molar-refractivity contribution in [1.82, 2.24) is 0 Å². The van der Waals surface area contributed by atoms with Crippen LogP contribution in [0.5, 0.6) is 5.75 Å². The van der Waals surface area contributed by atoms with Crippen LogP contribution >= 0.6 is 0 Å². The lowest BCUT2D eigenvalue weighted by Gasteiger charge is -2.22. The van der Waals surface area contributed by atoms with Gasteiger partial charge in [-0.05, 0) is 24.5 Å². The summed E-state index contributed by atoms with van der Waals surface area (Å²) in [5, 5.41) is 0. The zero-order valence-electron chi connectivity index (χ0n) is 7.01. The first-order valence-corrected chi connectivity index (χ1v) is 4.20. The third-order valence-corrected chi connectivity index (χ3v) is 2.31. The second-order valence-corrected chi connectivity index (χ2v) is 3.19. The summed E-state index contributed by atoms with van der Waals surface area (Å²) < 4.78 is 18.6. The Morgan fingerprint density at radius 1 is 1.50 bits per heavy atom. The smallest absolute Gasteiger partial charge is 0.130 e. The second kappa shape index (κ2) is 2.77. The molecule has 1 aromatic carbocycles. The maximum atomic E-state index is 13.2. The van der Waals surface area contributed by atoms with Gasteiger partial charge in [0.05, 0.1) is 6.61 Å². The zero-order valence-corrected chi connectivity index (χ0v) is 7.01. The van der Waals surface area contributed by atoms with Crippen LogP contribution in [-0.2, 0) is 0 Å².